The van der Waals surface area contributed by atoms with Crippen molar-refractivity contribution in [1.29, 1.82) is 0 Å². The standard InChI is InChI=1S/C26H28O6/c1-17(2)22-13-23(26(27)28)25(32-16-19-7-11-21(30-4)12-8-19)14-24(22)31-15-18-5-9-20(29-3)10-6-18/h5-14,17H,15-16H2,1-4H3,(H,27,28). The molecule has 0 fully saturated rings. The molecule has 6 nitrogen and oxygen atoms in total. The van der Waals surface area contributed by atoms with Gasteiger partial charge < -0.3 is 24.1 Å². The van der Waals surface area contributed by atoms with Crippen LogP contribution < -0.4 is 18.9 Å². The molecule has 0 unspecified atom stereocenters. The molecule has 3 rings (SSSR count). The lowest BCUT2D eigenvalue weighted by Crippen LogP contribution is -2.07. The van der Waals surface area contributed by atoms with Crippen LogP contribution in [0.25, 0.3) is 0 Å². The SMILES string of the molecule is COc1ccc(COc2cc(OCc3ccc(OC)cc3)c(C(C)C)cc2C(=O)O)cc1. The third-order valence-electron chi connectivity index (χ3n) is 5.07. The van der Waals surface area contributed by atoms with E-state index in [0.717, 1.165) is 28.2 Å². The number of rotatable bonds is 10. The van der Waals surface area contributed by atoms with Crippen molar-refractivity contribution >= 4 is 5.97 Å². The normalized spacial score (nSPS) is 10.7. The highest BCUT2D eigenvalue weighted by Gasteiger charge is 2.19. The lowest BCUT2D eigenvalue weighted by Gasteiger charge is -2.18. The van der Waals surface area contributed by atoms with Crippen molar-refractivity contribution in [3.8, 4) is 23.0 Å². The van der Waals surface area contributed by atoms with Gasteiger partial charge in [0.15, 0.2) is 0 Å². The van der Waals surface area contributed by atoms with Crippen LogP contribution >= 0.6 is 0 Å². The fraction of sp³-hybridized carbons (Fsp3) is 0.269. The first kappa shape index (κ1) is 23.0. The average Bonchev–Trinajstić information content (AvgIpc) is 2.81. The Morgan fingerprint density at radius 2 is 1.25 bits per heavy atom. The first-order valence-electron chi connectivity index (χ1n) is 10.3. The Morgan fingerprint density at radius 3 is 1.66 bits per heavy atom. The fourth-order valence-electron chi connectivity index (χ4n) is 3.21. The summed E-state index contributed by atoms with van der Waals surface area (Å²) < 4.78 is 22.3. The van der Waals surface area contributed by atoms with Crippen molar-refractivity contribution < 1.29 is 28.8 Å². The van der Waals surface area contributed by atoms with E-state index in [1.807, 2.05) is 62.4 Å². The molecule has 0 radical (unpaired) electrons. The van der Waals surface area contributed by atoms with E-state index in [9.17, 15) is 9.90 Å². The Hall–Kier alpha value is -3.67. The Morgan fingerprint density at radius 1 is 0.781 bits per heavy atom. The van der Waals surface area contributed by atoms with Gasteiger partial charge in [0.1, 0.15) is 41.8 Å². The van der Waals surface area contributed by atoms with Crippen molar-refractivity contribution in [3.05, 3.63) is 82.9 Å². The van der Waals surface area contributed by atoms with Gasteiger partial charge in [0.05, 0.1) is 14.2 Å². The zero-order chi connectivity index (χ0) is 23.1. The van der Waals surface area contributed by atoms with Crippen LogP contribution in [0.2, 0.25) is 0 Å². The molecule has 0 heterocycles. The Bertz CT molecular complexity index is 1040. The van der Waals surface area contributed by atoms with Gasteiger partial charge >= 0.3 is 5.97 Å². The van der Waals surface area contributed by atoms with E-state index in [1.165, 1.54) is 0 Å². The number of hydrogen-bond acceptors (Lipinski definition) is 5. The van der Waals surface area contributed by atoms with Crippen LogP contribution in [0.15, 0.2) is 60.7 Å². The number of carbonyl (C=O) groups is 1. The molecule has 0 aliphatic carbocycles. The molecule has 0 atom stereocenters. The van der Waals surface area contributed by atoms with Crippen molar-refractivity contribution in [1.82, 2.24) is 0 Å². The molecule has 168 valence electrons. The maximum atomic E-state index is 11.9. The molecule has 0 spiro atoms. The smallest absolute Gasteiger partial charge is 0.339 e. The third-order valence-corrected chi connectivity index (χ3v) is 5.07. The monoisotopic (exact) mass is 436 g/mol. The summed E-state index contributed by atoms with van der Waals surface area (Å²) in [6.07, 6.45) is 0. The zero-order valence-electron chi connectivity index (χ0n) is 18.8. The summed E-state index contributed by atoms with van der Waals surface area (Å²) in [5.74, 6) is 1.42. The minimum absolute atomic E-state index is 0.0783. The number of aromatic carboxylic acids is 1. The molecule has 6 heteroatoms. The molecule has 0 bridgehead atoms. The van der Waals surface area contributed by atoms with E-state index in [-0.39, 0.29) is 23.8 Å². The van der Waals surface area contributed by atoms with Crippen LogP contribution in [-0.4, -0.2) is 25.3 Å². The number of benzene rings is 3. The van der Waals surface area contributed by atoms with Crippen LogP contribution in [0.4, 0.5) is 0 Å². The molecular weight excluding hydrogens is 408 g/mol. The highest BCUT2D eigenvalue weighted by Crippen LogP contribution is 2.35. The number of hydrogen-bond donors (Lipinski definition) is 1. The van der Waals surface area contributed by atoms with E-state index in [2.05, 4.69) is 0 Å². The predicted octanol–water partition coefficient (Wildman–Crippen LogP) is 5.68. The summed E-state index contributed by atoms with van der Waals surface area (Å²) in [5.41, 5.74) is 2.80. The van der Waals surface area contributed by atoms with Crippen molar-refractivity contribution in [2.75, 3.05) is 14.2 Å². The van der Waals surface area contributed by atoms with E-state index in [1.54, 1.807) is 26.4 Å². The second kappa shape index (κ2) is 10.6. The number of ether oxygens (including phenoxy) is 4. The Labute approximate surface area is 188 Å². The topological polar surface area (TPSA) is 74.2 Å². The molecular formula is C26H28O6. The van der Waals surface area contributed by atoms with Crippen LogP contribution in [0, 0.1) is 0 Å². The molecule has 3 aromatic carbocycles. The predicted molar refractivity (Wildman–Crippen MR) is 122 cm³/mol. The molecule has 0 aliphatic heterocycles. The van der Waals surface area contributed by atoms with E-state index in [4.69, 9.17) is 18.9 Å². The first-order valence-corrected chi connectivity index (χ1v) is 10.3. The van der Waals surface area contributed by atoms with E-state index >= 15 is 0 Å². The second-order valence-electron chi connectivity index (χ2n) is 7.62. The number of methoxy groups -OCH3 is 2. The van der Waals surface area contributed by atoms with Gasteiger partial charge in [-0.15, -0.1) is 0 Å². The average molecular weight is 437 g/mol. The molecule has 0 saturated carbocycles. The van der Waals surface area contributed by atoms with Crippen molar-refractivity contribution in [3.63, 3.8) is 0 Å². The Kier molecular flexibility index (Phi) is 7.60. The maximum Gasteiger partial charge on any atom is 0.339 e. The third kappa shape index (κ3) is 5.72. The van der Waals surface area contributed by atoms with Gasteiger partial charge in [-0.3, -0.25) is 0 Å². The summed E-state index contributed by atoms with van der Waals surface area (Å²) in [5, 5.41) is 9.74. The van der Waals surface area contributed by atoms with Gasteiger partial charge in [0, 0.05) is 6.07 Å². The van der Waals surface area contributed by atoms with E-state index in [0.29, 0.717) is 12.4 Å². The van der Waals surface area contributed by atoms with Gasteiger partial charge in [0.2, 0.25) is 0 Å². The minimum atomic E-state index is -1.04. The largest absolute Gasteiger partial charge is 0.497 e. The number of carboxylic acids is 1. The zero-order valence-corrected chi connectivity index (χ0v) is 18.8. The maximum absolute atomic E-state index is 11.9. The molecule has 0 amide bonds. The molecule has 3 aromatic rings. The van der Waals surface area contributed by atoms with Gasteiger partial charge in [-0.2, -0.15) is 0 Å². The summed E-state index contributed by atoms with van der Waals surface area (Å²) in [7, 11) is 3.23. The van der Waals surface area contributed by atoms with Crippen LogP contribution in [-0.2, 0) is 13.2 Å². The summed E-state index contributed by atoms with van der Waals surface area (Å²) >= 11 is 0. The molecule has 1 N–H and O–H groups in total. The van der Waals surface area contributed by atoms with Crippen molar-refractivity contribution in [2.24, 2.45) is 0 Å². The van der Waals surface area contributed by atoms with E-state index < -0.39 is 5.97 Å². The summed E-state index contributed by atoms with van der Waals surface area (Å²) in [6.45, 7) is 4.56. The lowest BCUT2D eigenvalue weighted by molar-refractivity contribution is 0.0691. The van der Waals surface area contributed by atoms with Crippen LogP contribution in [0.5, 0.6) is 23.0 Å². The second-order valence-corrected chi connectivity index (χ2v) is 7.62. The van der Waals surface area contributed by atoms with Crippen LogP contribution in [0.1, 0.15) is 46.8 Å². The molecule has 32 heavy (non-hydrogen) atoms. The van der Waals surface area contributed by atoms with Gasteiger partial charge in [-0.25, -0.2) is 4.79 Å². The van der Waals surface area contributed by atoms with Gasteiger partial charge in [-0.05, 0) is 52.9 Å². The summed E-state index contributed by atoms with van der Waals surface area (Å²) in [6, 6.07) is 18.3. The quantitative estimate of drug-likeness (QED) is 0.441. The summed E-state index contributed by atoms with van der Waals surface area (Å²) in [4.78, 5) is 11.9. The van der Waals surface area contributed by atoms with Crippen LogP contribution in [0.3, 0.4) is 0 Å². The highest BCUT2D eigenvalue weighted by molar-refractivity contribution is 5.91. The minimum Gasteiger partial charge on any atom is -0.497 e. The lowest BCUT2D eigenvalue weighted by atomic mass is 9.98. The molecule has 0 aromatic heterocycles. The van der Waals surface area contributed by atoms with Gasteiger partial charge in [-0.1, -0.05) is 38.1 Å². The molecule has 0 saturated heterocycles. The first-order chi connectivity index (χ1) is 15.4. The fourth-order valence-corrected chi connectivity index (χ4v) is 3.21. The van der Waals surface area contributed by atoms with Gasteiger partial charge in [0.25, 0.3) is 0 Å². The highest BCUT2D eigenvalue weighted by atomic mass is 16.5. The van der Waals surface area contributed by atoms with Crippen molar-refractivity contribution in [2.45, 2.75) is 33.0 Å². The Balaban J connectivity index is 1.84. The molecule has 0 aliphatic rings. The number of carboxylic acid groups (broad SMARTS) is 1.